The Labute approximate surface area is 112 Å². The number of hydrogen-bond acceptors (Lipinski definition) is 2. The number of hydrogen-bond donors (Lipinski definition) is 1. The molecule has 1 aromatic rings. The van der Waals surface area contributed by atoms with E-state index in [-0.39, 0.29) is 0 Å². The van der Waals surface area contributed by atoms with E-state index in [4.69, 9.17) is 0 Å². The average Bonchev–Trinajstić information content (AvgIpc) is 2.35. The molecule has 0 aliphatic carbocycles. The zero-order valence-electron chi connectivity index (χ0n) is 12.5. The minimum absolute atomic E-state index is 0.429. The van der Waals surface area contributed by atoms with Crippen LogP contribution in [0.4, 0.5) is 0 Å². The van der Waals surface area contributed by atoms with Gasteiger partial charge in [-0.15, -0.1) is 0 Å². The van der Waals surface area contributed by atoms with Crippen molar-refractivity contribution in [3.05, 3.63) is 35.4 Å². The zero-order chi connectivity index (χ0) is 13.5. The number of nitrogens with zero attached hydrogens (tertiary/aromatic N) is 1. The Kier molecular flexibility index (Phi) is 6.37. The summed E-state index contributed by atoms with van der Waals surface area (Å²) in [6.07, 6.45) is 1.17. The molecule has 18 heavy (non-hydrogen) atoms. The third-order valence-electron chi connectivity index (χ3n) is 3.47. The molecule has 1 rings (SSSR count). The Bertz CT molecular complexity index is 329. The molecular weight excluding hydrogens is 220 g/mol. The first kappa shape index (κ1) is 15.2. The highest BCUT2D eigenvalue weighted by atomic mass is 15.1. The van der Waals surface area contributed by atoms with Crippen LogP contribution in [-0.4, -0.2) is 31.1 Å². The highest BCUT2D eigenvalue weighted by Gasteiger charge is 2.14. The molecule has 0 radical (unpaired) electrons. The van der Waals surface area contributed by atoms with Crippen LogP contribution in [0.1, 0.15) is 44.4 Å². The molecule has 0 aromatic heterocycles. The Morgan fingerprint density at radius 2 is 1.78 bits per heavy atom. The second-order valence-electron chi connectivity index (χ2n) is 5.45. The van der Waals surface area contributed by atoms with Gasteiger partial charge in [0.2, 0.25) is 0 Å². The lowest BCUT2D eigenvalue weighted by Gasteiger charge is -2.28. The van der Waals surface area contributed by atoms with Gasteiger partial charge < -0.3 is 10.2 Å². The van der Waals surface area contributed by atoms with Crippen LogP contribution in [0.3, 0.4) is 0 Å². The predicted octanol–water partition coefficient (Wildman–Crippen LogP) is 3.38. The third kappa shape index (κ3) is 4.79. The molecule has 0 aliphatic rings. The van der Waals surface area contributed by atoms with Gasteiger partial charge in [0.05, 0.1) is 0 Å². The number of benzene rings is 1. The van der Waals surface area contributed by atoms with E-state index in [1.165, 1.54) is 17.5 Å². The van der Waals surface area contributed by atoms with Crippen LogP contribution in [0.25, 0.3) is 0 Å². The van der Waals surface area contributed by atoms with Crippen LogP contribution in [-0.2, 0) is 0 Å². The molecule has 0 aliphatic heterocycles. The fourth-order valence-electron chi connectivity index (χ4n) is 1.90. The maximum atomic E-state index is 3.65. The van der Waals surface area contributed by atoms with Crippen LogP contribution in [0, 0.1) is 6.92 Å². The largest absolute Gasteiger partial charge is 0.309 e. The van der Waals surface area contributed by atoms with Gasteiger partial charge in [0, 0.05) is 18.6 Å². The molecule has 1 aromatic carbocycles. The summed E-state index contributed by atoms with van der Waals surface area (Å²) in [5, 5.41) is 3.65. The minimum atomic E-state index is 0.429. The third-order valence-corrected chi connectivity index (χ3v) is 3.47. The topological polar surface area (TPSA) is 15.3 Å². The second kappa shape index (κ2) is 7.55. The van der Waals surface area contributed by atoms with Crippen molar-refractivity contribution in [3.63, 3.8) is 0 Å². The van der Waals surface area contributed by atoms with E-state index in [1.54, 1.807) is 0 Å². The quantitative estimate of drug-likeness (QED) is 0.796. The summed E-state index contributed by atoms with van der Waals surface area (Å²) in [6, 6.07) is 9.91. The maximum absolute atomic E-state index is 3.65. The number of likely N-dealkylation sites (N-methyl/N-ethyl adjacent to an activating group) is 1. The van der Waals surface area contributed by atoms with Gasteiger partial charge in [-0.3, -0.25) is 0 Å². The van der Waals surface area contributed by atoms with Gasteiger partial charge in [-0.2, -0.15) is 0 Å². The predicted molar refractivity (Wildman–Crippen MR) is 80.0 cm³/mol. The molecule has 2 heteroatoms. The molecule has 102 valence electrons. The van der Waals surface area contributed by atoms with Crippen LogP contribution in [0.2, 0.25) is 0 Å². The number of aryl methyl sites for hydroxylation is 1. The van der Waals surface area contributed by atoms with E-state index in [1.807, 2.05) is 0 Å². The van der Waals surface area contributed by atoms with Gasteiger partial charge in [-0.25, -0.2) is 0 Å². The molecule has 0 saturated heterocycles. The molecule has 0 heterocycles. The van der Waals surface area contributed by atoms with Gasteiger partial charge in [-0.1, -0.05) is 36.8 Å². The molecule has 2 nitrogen and oxygen atoms in total. The van der Waals surface area contributed by atoms with Crippen molar-refractivity contribution in [1.29, 1.82) is 0 Å². The van der Waals surface area contributed by atoms with Gasteiger partial charge in [0.15, 0.2) is 0 Å². The number of rotatable bonds is 7. The lowest BCUT2D eigenvalue weighted by molar-refractivity contribution is 0.242. The monoisotopic (exact) mass is 248 g/mol. The van der Waals surface area contributed by atoms with Gasteiger partial charge in [0.1, 0.15) is 0 Å². The van der Waals surface area contributed by atoms with Crippen molar-refractivity contribution in [3.8, 4) is 0 Å². The van der Waals surface area contributed by atoms with Crippen molar-refractivity contribution >= 4 is 0 Å². The molecule has 0 saturated carbocycles. The first-order chi connectivity index (χ1) is 8.54. The van der Waals surface area contributed by atoms with E-state index in [0.717, 1.165) is 13.1 Å². The van der Waals surface area contributed by atoms with Gasteiger partial charge >= 0.3 is 0 Å². The smallest absolute Gasteiger partial charge is 0.0449 e. The highest BCUT2D eigenvalue weighted by Crippen LogP contribution is 2.16. The van der Waals surface area contributed by atoms with E-state index in [2.05, 4.69) is 69.2 Å². The molecule has 1 atom stereocenters. The molecule has 0 amide bonds. The number of nitrogens with one attached hydrogen (secondary N) is 1. The molecule has 1 unspecified atom stereocenters. The van der Waals surface area contributed by atoms with Crippen LogP contribution < -0.4 is 5.32 Å². The summed E-state index contributed by atoms with van der Waals surface area (Å²) in [4.78, 5) is 2.40. The summed E-state index contributed by atoms with van der Waals surface area (Å²) in [5.41, 5.74) is 2.71. The first-order valence-corrected chi connectivity index (χ1v) is 7.04. The van der Waals surface area contributed by atoms with Gasteiger partial charge in [-0.05, 0) is 46.3 Å². The highest BCUT2D eigenvalue weighted by molar-refractivity contribution is 5.24. The molecule has 0 bridgehead atoms. The summed E-state index contributed by atoms with van der Waals surface area (Å²) >= 11 is 0. The normalized spacial score (nSPS) is 13.3. The van der Waals surface area contributed by atoms with E-state index >= 15 is 0 Å². The first-order valence-electron chi connectivity index (χ1n) is 7.04. The maximum Gasteiger partial charge on any atom is 0.0449 e. The van der Waals surface area contributed by atoms with Crippen LogP contribution >= 0.6 is 0 Å². The SMILES string of the molecule is CCCNC(CN(C)C(C)C)c1ccc(C)cc1. The standard InChI is InChI=1S/C16H28N2/c1-6-11-17-16(12-18(5)13(2)3)15-9-7-14(4)8-10-15/h7-10,13,16-17H,6,11-12H2,1-5H3. The Hall–Kier alpha value is -0.860. The van der Waals surface area contributed by atoms with Crippen molar-refractivity contribution in [2.75, 3.05) is 20.1 Å². The Balaban J connectivity index is 2.73. The van der Waals surface area contributed by atoms with E-state index < -0.39 is 0 Å². The van der Waals surface area contributed by atoms with Gasteiger partial charge in [0.25, 0.3) is 0 Å². The van der Waals surface area contributed by atoms with Crippen LogP contribution in [0.15, 0.2) is 24.3 Å². The van der Waals surface area contributed by atoms with Crippen LogP contribution in [0.5, 0.6) is 0 Å². The van der Waals surface area contributed by atoms with E-state index in [0.29, 0.717) is 12.1 Å². The summed E-state index contributed by atoms with van der Waals surface area (Å²) in [7, 11) is 2.19. The zero-order valence-corrected chi connectivity index (χ0v) is 12.5. The fourth-order valence-corrected chi connectivity index (χ4v) is 1.90. The summed E-state index contributed by atoms with van der Waals surface area (Å²) in [5.74, 6) is 0. The van der Waals surface area contributed by atoms with Crippen molar-refractivity contribution in [2.45, 2.75) is 46.2 Å². The fraction of sp³-hybridized carbons (Fsp3) is 0.625. The van der Waals surface area contributed by atoms with Crippen molar-refractivity contribution in [1.82, 2.24) is 10.2 Å². The second-order valence-corrected chi connectivity index (χ2v) is 5.45. The molecule has 0 fully saturated rings. The lowest BCUT2D eigenvalue weighted by Crippen LogP contribution is -2.36. The lowest BCUT2D eigenvalue weighted by atomic mass is 10.0. The summed E-state index contributed by atoms with van der Waals surface area (Å²) in [6.45, 7) is 11.0. The Morgan fingerprint density at radius 1 is 1.17 bits per heavy atom. The molecule has 0 spiro atoms. The average molecular weight is 248 g/mol. The molecular formula is C16H28N2. The van der Waals surface area contributed by atoms with Crippen molar-refractivity contribution < 1.29 is 0 Å². The Morgan fingerprint density at radius 3 is 2.28 bits per heavy atom. The van der Waals surface area contributed by atoms with Crippen molar-refractivity contribution in [2.24, 2.45) is 0 Å². The molecule has 1 N–H and O–H groups in total. The minimum Gasteiger partial charge on any atom is -0.309 e. The summed E-state index contributed by atoms with van der Waals surface area (Å²) < 4.78 is 0. The van der Waals surface area contributed by atoms with E-state index in [9.17, 15) is 0 Å².